The topological polar surface area (TPSA) is 67.8 Å². The van der Waals surface area contributed by atoms with E-state index in [4.69, 9.17) is 4.74 Å². The first-order valence-corrected chi connectivity index (χ1v) is 6.83. The molecule has 0 saturated carbocycles. The molecule has 3 aromatic rings. The van der Waals surface area contributed by atoms with Crippen molar-refractivity contribution in [3.63, 3.8) is 0 Å². The molecule has 1 aromatic carbocycles. The smallest absolute Gasteiger partial charge is 0.173 e. The molecule has 106 valence electrons. The summed E-state index contributed by atoms with van der Waals surface area (Å²) >= 11 is 0. The Balaban J connectivity index is 1.60. The van der Waals surface area contributed by atoms with Gasteiger partial charge in [0.2, 0.25) is 0 Å². The highest BCUT2D eigenvalue weighted by molar-refractivity contribution is 5.59. The molecule has 1 aliphatic rings. The van der Waals surface area contributed by atoms with Crippen molar-refractivity contribution in [1.29, 1.82) is 0 Å². The van der Waals surface area contributed by atoms with E-state index < -0.39 is 0 Å². The highest BCUT2D eigenvalue weighted by Gasteiger charge is 2.23. The van der Waals surface area contributed by atoms with Gasteiger partial charge in [0.15, 0.2) is 6.10 Å². The zero-order chi connectivity index (χ0) is 14.2. The summed E-state index contributed by atoms with van der Waals surface area (Å²) in [4.78, 5) is 7.75. The Labute approximate surface area is 121 Å². The molecule has 0 radical (unpaired) electrons. The van der Waals surface area contributed by atoms with Crippen molar-refractivity contribution >= 4 is 5.69 Å². The van der Waals surface area contributed by atoms with Gasteiger partial charge in [0.1, 0.15) is 11.6 Å². The lowest BCUT2D eigenvalue weighted by molar-refractivity contribution is 0.201. The van der Waals surface area contributed by atoms with E-state index in [1.807, 2.05) is 49.9 Å². The summed E-state index contributed by atoms with van der Waals surface area (Å²) in [6.07, 6.45) is 5.46. The molecule has 0 saturated heterocycles. The Morgan fingerprint density at radius 1 is 1.29 bits per heavy atom. The monoisotopic (exact) mass is 281 g/mol. The zero-order valence-electron chi connectivity index (χ0n) is 11.6. The standard InChI is InChI=1S/C15H15N5O/c1-20-9-10(6-18-20)12-7-17-15(19-12)14-8-16-11-4-2-3-5-13(11)21-14/h2-7,9,14,16H,8H2,1H3,(H,17,19). The van der Waals surface area contributed by atoms with Crippen LogP contribution in [0.3, 0.4) is 0 Å². The van der Waals surface area contributed by atoms with Gasteiger partial charge in [0.25, 0.3) is 0 Å². The number of H-pyrrole nitrogens is 1. The summed E-state index contributed by atoms with van der Waals surface area (Å²) in [5.41, 5.74) is 2.98. The lowest BCUT2D eigenvalue weighted by Crippen LogP contribution is -2.24. The number of para-hydroxylation sites is 2. The third kappa shape index (κ3) is 2.14. The molecule has 0 fully saturated rings. The van der Waals surface area contributed by atoms with Crippen LogP contribution >= 0.6 is 0 Å². The summed E-state index contributed by atoms with van der Waals surface area (Å²) in [5.74, 6) is 1.67. The average Bonchev–Trinajstić information content (AvgIpc) is 3.15. The Morgan fingerprint density at radius 2 is 2.19 bits per heavy atom. The summed E-state index contributed by atoms with van der Waals surface area (Å²) < 4.78 is 7.76. The predicted molar refractivity (Wildman–Crippen MR) is 79.1 cm³/mol. The number of ether oxygens (including phenoxy) is 1. The van der Waals surface area contributed by atoms with Crippen LogP contribution in [0.25, 0.3) is 11.3 Å². The lowest BCUT2D eigenvalue weighted by atomic mass is 10.2. The summed E-state index contributed by atoms with van der Waals surface area (Å²) in [7, 11) is 1.89. The molecule has 6 nitrogen and oxygen atoms in total. The fraction of sp³-hybridized carbons (Fsp3) is 0.200. The molecule has 21 heavy (non-hydrogen) atoms. The van der Waals surface area contributed by atoms with Gasteiger partial charge < -0.3 is 15.0 Å². The van der Waals surface area contributed by atoms with Crippen LogP contribution in [0, 0.1) is 0 Å². The second-order valence-electron chi connectivity index (χ2n) is 5.07. The highest BCUT2D eigenvalue weighted by atomic mass is 16.5. The minimum Gasteiger partial charge on any atom is -0.478 e. The maximum Gasteiger partial charge on any atom is 0.173 e. The molecule has 3 heterocycles. The Kier molecular flexibility index (Phi) is 2.67. The summed E-state index contributed by atoms with van der Waals surface area (Å²) in [5, 5.41) is 7.53. The van der Waals surface area contributed by atoms with E-state index in [1.54, 1.807) is 4.68 Å². The molecule has 0 spiro atoms. The molecule has 4 rings (SSSR count). The van der Waals surface area contributed by atoms with Crippen molar-refractivity contribution in [3.05, 3.63) is 48.7 Å². The van der Waals surface area contributed by atoms with Crippen LogP contribution in [0.15, 0.2) is 42.9 Å². The van der Waals surface area contributed by atoms with E-state index >= 15 is 0 Å². The summed E-state index contributed by atoms with van der Waals surface area (Å²) in [6, 6.07) is 7.92. The van der Waals surface area contributed by atoms with E-state index in [-0.39, 0.29) is 6.10 Å². The van der Waals surface area contributed by atoms with Crippen molar-refractivity contribution in [2.45, 2.75) is 6.10 Å². The summed E-state index contributed by atoms with van der Waals surface area (Å²) in [6.45, 7) is 0.691. The third-order valence-electron chi connectivity index (χ3n) is 3.55. The highest BCUT2D eigenvalue weighted by Crippen LogP contribution is 2.33. The minimum absolute atomic E-state index is 0.120. The normalized spacial score (nSPS) is 16.9. The minimum atomic E-state index is -0.120. The van der Waals surface area contributed by atoms with E-state index in [9.17, 15) is 0 Å². The Hall–Kier alpha value is -2.76. The second kappa shape index (κ2) is 4.66. The van der Waals surface area contributed by atoms with E-state index in [0.717, 1.165) is 28.5 Å². The van der Waals surface area contributed by atoms with Crippen molar-refractivity contribution in [2.75, 3.05) is 11.9 Å². The number of fused-ring (bicyclic) bond motifs is 1. The average molecular weight is 281 g/mol. The fourth-order valence-corrected chi connectivity index (χ4v) is 2.47. The van der Waals surface area contributed by atoms with Gasteiger partial charge in [0, 0.05) is 18.8 Å². The predicted octanol–water partition coefficient (Wildman–Crippen LogP) is 2.36. The van der Waals surface area contributed by atoms with Gasteiger partial charge in [-0.05, 0) is 12.1 Å². The molecule has 1 unspecified atom stereocenters. The Bertz CT molecular complexity index is 776. The first-order chi connectivity index (χ1) is 10.3. The number of anilines is 1. The number of hydrogen-bond donors (Lipinski definition) is 2. The number of rotatable bonds is 2. The van der Waals surface area contributed by atoms with E-state index in [1.165, 1.54) is 0 Å². The molecule has 0 bridgehead atoms. The Morgan fingerprint density at radius 3 is 3.05 bits per heavy atom. The zero-order valence-corrected chi connectivity index (χ0v) is 11.6. The second-order valence-corrected chi connectivity index (χ2v) is 5.07. The van der Waals surface area contributed by atoms with Gasteiger partial charge in [-0.15, -0.1) is 0 Å². The van der Waals surface area contributed by atoms with Crippen LogP contribution in [0.1, 0.15) is 11.9 Å². The van der Waals surface area contributed by atoms with Crippen molar-refractivity contribution in [1.82, 2.24) is 19.7 Å². The fourth-order valence-electron chi connectivity index (χ4n) is 2.47. The number of nitrogens with zero attached hydrogens (tertiary/aromatic N) is 3. The van der Waals surface area contributed by atoms with Gasteiger partial charge in [-0.3, -0.25) is 4.68 Å². The van der Waals surface area contributed by atoms with Crippen LogP contribution in [-0.4, -0.2) is 26.3 Å². The van der Waals surface area contributed by atoms with Gasteiger partial charge in [0.05, 0.1) is 30.3 Å². The quantitative estimate of drug-likeness (QED) is 0.756. The number of aromatic nitrogens is 4. The maximum atomic E-state index is 6.00. The van der Waals surface area contributed by atoms with Crippen LogP contribution in [0.5, 0.6) is 5.75 Å². The number of aromatic amines is 1. The third-order valence-corrected chi connectivity index (χ3v) is 3.55. The maximum absolute atomic E-state index is 6.00. The first kappa shape index (κ1) is 12.0. The lowest BCUT2D eigenvalue weighted by Gasteiger charge is -2.25. The number of nitrogens with one attached hydrogen (secondary N) is 2. The molecule has 2 aromatic heterocycles. The van der Waals surface area contributed by atoms with E-state index in [2.05, 4.69) is 20.4 Å². The number of benzene rings is 1. The van der Waals surface area contributed by atoms with Crippen LogP contribution in [0.4, 0.5) is 5.69 Å². The first-order valence-electron chi connectivity index (χ1n) is 6.83. The molecule has 0 aliphatic carbocycles. The molecular weight excluding hydrogens is 266 g/mol. The van der Waals surface area contributed by atoms with Crippen LogP contribution in [-0.2, 0) is 7.05 Å². The molecular formula is C15H15N5O. The van der Waals surface area contributed by atoms with Gasteiger partial charge in [-0.2, -0.15) is 5.10 Å². The molecule has 1 aliphatic heterocycles. The van der Waals surface area contributed by atoms with E-state index in [0.29, 0.717) is 6.54 Å². The number of aryl methyl sites for hydroxylation is 1. The largest absolute Gasteiger partial charge is 0.478 e. The van der Waals surface area contributed by atoms with Gasteiger partial charge >= 0.3 is 0 Å². The molecule has 6 heteroatoms. The van der Waals surface area contributed by atoms with Crippen LogP contribution in [0.2, 0.25) is 0 Å². The molecule has 1 atom stereocenters. The molecule has 2 N–H and O–H groups in total. The van der Waals surface area contributed by atoms with Gasteiger partial charge in [-0.25, -0.2) is 4.98 Å². The van der Waals surface area contributed by atoms with Crippen LogP contribution < -0.4 is 10.1 Å². The van der Waals surface area contributed by atoms with Crippen molar-refractivity contribution in [3.8, 4) is 17.0 Å². The SMILES string of the molecule is Cn1cc(-c2cnc(C3CNc4ccccc4O3)[nH]2)cn1. The van der Waals surface area contributed by atoms with Gasteiger partial charge in [-0.1, -0.05) is 12.1 Å². The van der Waals surface area contributed by atoms with Crippen molar-refractivity contribution < 1.29 is 4.74 Å². The van der Waals surface area contributed by atoms with Crippen molar-refractivity contribution in [2.24, 2.45) is 7.05 Å². The number of imidazole rings is 1. The molecule has 0 amide bonds. The number of hydrogen-bond acceptors (Lipinski definition) is 4.